The van der Waals surface area contributed by atoms with Crippen molar-refractivity contribution < 1.29 is 26.0 Å². The van der Waals surface area contributed by atoms with Crippen LogP contribution >= 0.6 is 0 Å². The molecule has 0 aliphatic rings. The van der Waals surface area contributed by atoms with Crippen LogP contribution in [-0.2, 0) is 16.0 Å². The van der Waals surface area contributed by atoms with Gasteiger partial charge in [0.15, 0.2) is 9.84 Å². The topological polar surface area (TPSA) is 52.0 Å². The first-order chi connectivity index (χ1) is 12.1. The normalized spacial score (nSPS) is 12.3. The van der Waals surface area contributed by atoms with Gasteiger partial charge >= 0.3 is 6.18 Å². The van der Waals surface area contributed by atoms with Crippen LogP contribution in [0.1, 0.15) is 5.69 Å². The molecule has 0 spiro atoms. The molecule has 3 rings (SSSR count). The third kappa shape index (κ3) is 3.62. The minimum atomic E-state index is -4.67. The van der Waals surface area contributed by atoms with Gasteiger partial charge in [0, 0.05) is 11.8 Å². The van der Waals surface area contributed by atoms with Crippen LogP contribution in [0.4, 0.5) is 17.6 Å². The van der Waals surface area contributed by atoms with Gasteiger partial charge in [-0.1, -0.05) is 12.1 Å². The fourth-order valence-corrected chi connectivity index (χ4v) is 3.01. The van der Waals surface area contributed by atoms with Crippen LogP contribution in [0.5, 0.6) is 0 Å². The van der Waals surface area contributed by atoms with E-state index in [1.54, 1.807) is 0 Å². The summed E-state index contributed by atoms with van der Waals surface area (Å²) in [6.45, 7) is 0. The molecule has 0 fully saturated rings. The molecule has 1 aromatic heterocycles. The Hall–Kier alpha value is -2.68. The highest BCUT2D eigenvalue weighted by Gasteiger charge is 2.36. The lowest BCUT2D eigenvalue weighted by Crippen LogP contribution is -2.13. The third-order valence-corrected chi connectivity index (χ3v) is 4.78. The number of hydrogen-bond acceptors (Lipinski definition) is 3. The highest BCUT2D eigenvalue weighted by Crippen LogP contribution is 2.34. The number of sulfone groups is 1. The summed E-state index contributed by atoms with van der Waals surface area (Å²) in [5, 5.41) is 3.96. The number of nitrogens with zero attached hydrogens (tertiary/aromatic N) is 2. The summed E-state index contributed by atoms with van der Waals surface area (Å²) in [4.78, 5) is 0.0512. The lowest BCUT2D eigenvalue weighted by Gasteiger charge is -2.09. The van der Waals surface area contributed by atoms with Gasteiger partial charge in [0.05, 0.1) is 16.3 Å². The highest BCUT2D eigenvalue weighted by molar-refractivity contribution is 7.90. The second-order valence-electron chi connectivity index (χ2n) is 5.60. The van der Waals surface area contributed by atoms with Crippen molar-refractivity contribution in [1.82, 2.24) is 9.78 Å². The van der Waals surface area contributed by atoms with Gasteiger partial charge in [-0.05, 0) is 42.5 Å². The van der Waals surface area contributed by atoms with Crippen molar-refractivity contribution >= 4 is 9.84 Å². The summed E-state index contributed by atoms with van der Waals surface area (Å²) >= 11 is 0. The van der Waals surface area contributed by atoms with Crippen molar-refractivity contribution in [2.45, 2.75) is 11.1 Å². The van der Waals surface area contributed by atoms with Gasteiger partial charge in [-0.25, -0.2) is 17.5 Å². The lowest BCUT2D eigenvalue weighted by molar-refractivity contribution is -0.142. The molecule has 0 amide bonds. The monoisotopic (exact) mass is 384 g/mol. The summed E-state index contributed by atoms with van der Waals surface area (Å²) in [6, 6.07) is 10.7. The molecule has 0 aliphatic heterocycles. The summed E-state index contributed by atoms with van der Waals surface area (Å²) in [5.41, 5.74) is -0.630. The molecule has 0 N–H and O–H groups in total. The second-order valence-corrected chi connectivity index (χ2v) is 7.61. The number of alkyl halides is 3. The fourth-order valence-electron chi connectivity index (χ4n) is 2.38. The van der Waals surface area contributed by atoms with Crippen LogP contribution < -0.4 is 0 Å². The first-order valence-corrected chi connectivity index (χ1v) is 9.18. The van der Waals surface area contributed by atoms with Crippen LogP contribution in [-0.4, -0.2) is 24.5 Å². The second kappa shape index (κ2) is 6.24. The van der Waals surface area contributed by atoms with Crippen molar-refractivity contribution in [3.05, 3.63) is 66.1 Å². The first kappa shape index (κ1) is 18.1. The van der Waals surface area contributed by atoms with Gasteiger partial charge in [0.2, 0.25) is 0 Å². The molecule has 0 saturated carbocycles. The van der Waals surface area contributed by atoms with E-state index in [4.69, 9.17) is 0 Å². The molecule has 0 atom stereocenters. The molecule has 0 radical (unpaired) electrons. The molecule has 4 nitrogen and oxygen atoms in total. The molecule has 1 heterocycles. The Morgan fingerprint density at radius 3 is 2.04 bits per heavy atom. The quantitative estimate of drug-likeness (QED) is 0.639. The Labute approximate surface area is 146 Å². The maximum Gasteiger partial charge on any atom is 0.433 e. The smallest absolute Gasteiger partial charge is 0.228 e. The highest BCUT2D eigenvalue weighted by atomic mass is 32.2. The zero-order valence-electron chi connectivity index (χ0n) is 13.3. The van der Waals surface area contributed by atoms with E-state index in [2.05, 4.69) is 5.10 Å². The van der Waals surface area contributed by atoms with Crippen LogP contribution in [0.25, 0.3) is 16.9 Å². The molecular formula is C17H12F4N2O2S. The molecule has 2 aromatic carbocycles. The molecular weight excluding hydrogens is 372 g/mol. The number of rotatable bonds is 3. The van der Waals surface area contributed by atoms with E-state index in [0.717, 1.165) is 24.5 Å². The number of benzene rings is 2. The summed E-state index contributed by atoms with van der Waals surface area (Å²) in [7, 11) is -3.42. The first-order valence-electron chi connectivity index (χ1n) is 7.29. The zero-order chi connectivity index (χ0) is 19.1. The fraction of sp³-hybridized carbons (Fsp3) is 0.118. The van der Waals surface area contributed by atoms with E-state index in [0.29, 0.717) is 10.2 Å². The van der Waals surface area contributed by atoms with Crippen LogP contribution in [0.2, 0.25) is 0 Å². The predicted octanol–water partition coefficient (Wildman–Crippen LogP) is 4.10. The number of halogens is 4. The summed E-state index contributed by atoms with van der Waals surface area (Å²) in [6.07, 6.45) is -3.64. The van der Waals surface area contributed by atoms with Crippen molar-refractivity contribution in [2.24, 2.45) is 0 Å². The van der Waals surface area contributed by atoms with E-state index in [1.807, 2.05) is 0 Å². The van der Waals surface area contributed by atoms with E-state index in [9.17, 15) is 26.0 Å². The van der Waals surface area contributed by atoms with E-state index in [1.165, 1.54) is 36.4 Å². The Morgan fingerprint density at radius 2 is 1.54 bits per heavy atom. The number of aromatic nitrogens is 2. The van der Waals surface area contributed by atoms with Crippen LogP contribution in [0.3, 0.4) is 0 Å². The maximum atomic E-state index is 13.3. The Bertz CT molecular complexity index is 1040. The van der Waals surface area contributed by atoms with Gasteiger partial charge in [0.25, 0.3) is 0 Å². The van der Waals surface area contributed by atoms with Crippen LogP contribution in [0, 0.1) is 5.82 Å². The lowest BCUT2D eigenvalue weighted by atomic mass is 10.1. The number of hydrogen-bond donors (Lipinski definition) is 0. The van der Waals surface area contributed by atoms with Crippen LogP contribution in [0.15, 0.2) is 59.5 Å². The molecule has 0 aliphatic carbocycles. The largest absolute Gasteiger partial charge is 0.433 e. The third-order valence-electron chi connectivity index (χ3n) is 3.65. The van der Waals surface area contributed by atoms with Crippen molar-refractivity contribution in [2.75, 3.05) is 6.26 Å². The molecule has 136 valence electrons. The molecule has 3 aromatic rings. The summed E-state index contributed by atoms with van der Waals surface area (Å²) in [5.74, 6) is -0.578. The van der Waals surface area contributed by atoms with Gasteiger partial charge in [0.1, 0.15) is 11.5 Å². The van der Waals surface area contributed by atoms with E-state index in [-0.39, 0.29) is 16.3 Å². The van der Waals surface area contributed by atoms with Crippen molar-refractivity contribution in [3.8, 4) is 16.9 Å². The average molecular weight is 384 g/mol. The Morgan fingerprint density at radius 1 is 0.962 bits per heavy atom. The Kier molecular flexibility index (Phi) is 4.35. The minimum Gasteiger partial charge on any atom is -0.228 e. The Balaban J connectivity index is 2.11. The van der Waals surface area contributed by atoms with Gasteiger partial charge in [-0.3, -0.25) is 0 Å². The van der Waals surface area contributed by atoms with Gasteiger partial charge in [-0.2, -0.15) is 18.3 Å². The van der Waals surface area contributed by atoms with E-state index >= 15 is 0 Å². The molecule has 0 saturated heterocycles. The molecule has 0 unspecified atom stereocenters. The standard InChI is InChI=1S/C17H12F4N2O2S/c1-26(24,25)14-8-2-11(3-9-14)15-10-16(17(19,20)21)23(22-15)13-6-4-12(18)5-7-13/h2-10H,1H3. The van der Waals surface area contributed by atoms with Gasteiger partial charge < -0.3 is 0 Å². The predicted molar refractivity (Wildman–Crippen MR) is 87.1 cm³/mol. The molecule has 0 bridgehead atoms. The van der Waals surface area contributed by atoms with Gasteiger partial charge in [-0.15, -0.1) is 0 Å². The maximum absolute atomic E-state index is 13.3. The summed E-state index contributed by atoms with van der Waals surface area (Å²) < 4.78 is 76.7. The van der Waals surface area contributed by atoms with Crippen molar-refractivity contribution in [1.29, 1.82) is 0 Å². The molecule has 9 heteroatoms. The SMILES string of the molecule is CS(=O)(=O)c1ccc(-c2cc(C(F)(F)F)n(-c3ccc(F)cc3)n2)cc1. The minimum absolute atomic E-state index is 0.0155. The average Bonchev–Trinajstić information content (AvgIpc) is 3.00. The van der Waals surface area contributed by atoms with Crippen molar-refractivity contribution in [3.63, 3.8) is 0 Å². The molecule has 26 heavy (non-hydrogen) atoms. The van der Waals surface area contributed by atoms with E-state index < -0.39 is 27.5 Å². The zero-order valence-corrected chi connectivity index (χ0v) is 14.1.